The number of nitrogens with zero attached hydrogens (tertiary/aromatic N) is 1. The average Bonchev–Trinajstić information content (AvgIpc) is 1.83. The maximum Gasteiger partial charge on any atom is 0.391 e. The van der Waals surface area contributed by atoms with E-state index in [9.17, 15) is 13.2 Å². The van der Waals surface area contributed by atoms with Gasteiger partial charge in [0.2, 0.25) is 5.91 Å². The molecular formula is C4H7NO5S. The van der Waals surface area contributed by atoms with E-state index in [0.717, 1.165) is 7.11 Å². The Labute approximate surface area is 63.9 Å². The SMILES string of the molecule is COOS(=O)(=O)N1CCC1=O. The molecule has 7 heteroatoms. The minimum Gasteiger partial charge on any atom is -0.274 e. The van der Waals surface area contributed by atoms with Crippen molar-refractivity contribution < 1.29 is 22.4 Å². The molecule has 64 valence electrons. The highest BCUT2D eigenvalue weighted by Crippen LogP contribution is 2.15. The number of hydrogen-bond acceptors (Lipinski definition) is 5. The van der Waals surface area contributed by atoms with Crippen molar-refractivity contribution >= 4 is 16.2 Å². The quantitative estimate of drug-likeness (QED) is 0.318. The van der Waals surface area contributed by atoms with Gasteiger partial charge in [0.25, 0.3) is 0 Å². The summed E-state index contributed by atoms with van der Waals surface area (Å²) in [6, 6.07) is 0. The summed E-state index contributed by atoms with van der Waals surface area (Å²) in [7, 11) is -2.90. The third-order valence-corrected chi connectivity index (χ3v) is 2.46. The number of β-lactam (4-membered cyclic amide) rings is 1. The molecule has 0 N–H and O–H groups in total. The fourth-order valence-electron chi connectivity index (χ4n) is 0.654. The van der Waals surface area contributed by atoms with E-state index in [4.69, 9.17) is 0 Å². The minimum atomic E-state index is -3.96. The van der Waals surface area contributed by atoms with Crippen molar-refractivity contribution in [2.75, 3.05) is 13.7 Å². The van der Waals surface area contributed by atoms with Crippen LogP contribution in [0, 0.1) is 0 Å². The zero-order valence-electron chi connectivity index (χ0n) is 5.81. The van der Waals surface area contributed by atoms with Gasteiger partial charge in [0.05, 0.1) is 7.11 Å². The number of rotatable bonds is 3. The molecule has 1 aliphatic rings. The van der Waals surface area contributed by atoms with Gasteiger partial charge in [0.1, 0.15) is 0 Å². The Morgan fingerprint density at radius 1 is 1.55 bits per heavy atom. The number of amides is 1. The van der Waals surface area contributed by atoms with Crippen LogP contribution in [0.2, 0.25) is 0 Å². The van der Waals surface area contributed by atoms with Gasteiger partial charge in [-0.25, -0.2) is 9.19 Å². The van der Waals surface area contributed by atoms with Gasteiger partial charge >= 0.3 is 10.3 Å². The summed E-state index contributed by atoms with van der Waals surface area (Å²) in [5.74, 6) is -0.470. The van der Waals surface area contributed by atoms with Crippen LogP contribution in [0.4, 0.5) is 0 Å². The van der Waals surface area contributed by atoms with Crippen LogP contribution in [0.25, 0.3) is 0 Å². The summed E-state index contributed by atoms with van der Waals surface area (Å²) < 4.78 is 26.1. The van der Waals surface area contributed by atoms with E-state index in [0.29, 0.717) is 4.31 Å². The van der Waals surface area contributed by atoms with E-state index in [2.05, 4.69) is 9.22 Å². The fraction of sp³-hybridized carbons (Fsp3) is 0.750. The predicted molar refractivity (Wildman–Crippen MR) is 33.3 cm³/mol. The van der Waals surface area contributed by atoms with Gasteiger partial charge < -0.3 is 0 Å². The first-order chi connectivity index (χ1) is 5.08. The van der Waals surface area contributed by atoms with E-state index in [1.165, 1.54) is 0 Å². The molecule has 1 fully saturated rings. The van der Waals surface area contributed by atoms with Crippen molar-refractivity contribution in [3.63, 3.8) is 0 Å². The second kappa shape index (κ2) is 2.76. The first-order valence-corrected chi connectivity index (χ1v) is 4.22. The lowest BCUT2D eigenvalue weighted by Crippen LogP contribution is -2.47. The standard InChI is InChI=1S/C4H7NO5S/c1-9-10-11(7,8)5-3-2-4(5)6/h2-3H2,1H3. The maximum absolute atomic E-state index is 10.8. The highest BCUT2D eigenvalue weighted by Gasteiger charge is 2.36. The third-order valence-electron chi connectivity index (χ3n) is 1.23. The van der Waals surface area contributed by atoms with Gasteiger partial charge in [-0.1, -0.05) is 4.33 Å². The summed E-state index contributed by atoms with van der Waals surface area (Å²) in [5.41, 5.74) is 0. The molecule has 11 heavy (non-hydrogen) atoms. The van der Waals surface area contributed by atoms with Crippen LogP contribution in [-0.2, 0) is 24.3 Å². The Morgan fingerprint density at radius 2 is 2.18 bits per heavy atom. The van der Waals surface area contributed by atoms with Crippen LogP contribution in [0.15, 0.2) is 0 Å². The molecule has 0 aromatic heterocycles. The Kier molecular flexibility index (Phi) is 2.12. The molecule has 1 saturated heterocycles. The Balaban J connectivity index is 2.65. The number of carbonyl (C=O) groups excluding carboxylic acids is 1. The second-order valence-electron chi connectivity index (χ2n) is 1.91. The highest BCUT2D eigenvalue weighted by molar-refractivity contribution is 7.84. The summed E-state index contributed by atoms with van der Waals surface area (Å²) in [5, 5.41) is 0. The molecule has 6 nitrogen and oxygen atoms in total. The van der Waals surface area contributed by atoms with Gasteiger partial charge in [0.15, 0.2) is 0 Å². The summed E-state index contributed by atoms with van der Waals surface area (Å²) in [6.45, 7) is 0.171. The van der Waals surface area contributed by atoms with Crippen LogP contribution in [0.5, 0.6) is 0 Å². The Bertz CT molecular complexity index is 258. The molecule has 0 radical (unpaired) electrons. The average molecular weight is 181 g/mol. The van der Waals surface area contributed by atoms with Gasteiger partial charge in [-0.05, 0) is 0 Å². The normalized spacial score (nSPS) is 18.3. The summed E-state index contributed by atoms with van der Waals surface area (Å²) >= 11 is 0. The van der Waals surface area contributed by atoms with E-state index >= 15 is 0 Å². The largest absolute Gasteiger partial charge is 0.391 e. The van der Waals surface area contributed by atoms with E-state index in [1.807, 2.05) is 0 Å². The van der Waals surface area contributed by atoms with Crippen molar-refractivity contribution in [3.05, 3.63) is 0 Å². The number of hydrogen-bond donors (Lipinski definition) is 0. The van der Waals surface area contributed by atoms with Gasteiger partial charge in [0, 0.05) is 13.0 Å². The predicted octanol–water partition coefficient (Wildman–Crippen LogP) is -0.958. The van der Waals surface area contributed by atoms with E-state index in [1.54, 1.807) is 0 Å². The van der Waals surface area contributed by atoms with Crippen LogP contribution < -0.4 is 0 Å². The van der Waals surface area contributed by atoms with Gasteiger partial charge in [-0.3, -0.25) is 4.79 Å². The lowest BCUT2D eigenvalue weighted by Gasteiger charge is -2.27. The van der Waals surface area contributed by atoms with Crippen LogP contribution in [0.3, 0.4) is 0 Å². The van der Waals surface area contributed by atoms with Crippen LogP contribution in [-0.4, -0.2) is 32.3 Å². The molecule has 0 aromatic rings. The Morgan fingerprint density at radius 3 is 2.45 bits per heavy atom. The molecule has 0 atom stereocenters. The van der Waals surface area contributed by atoms with E-state index < -0.39 is 16.2 Å². The van der Waals surface area contributed by atoms with Crippen molar-refractivity contribution in [1.82, 2.24) is 4.31 Å². The minimum absolute atomic E-state index is 0.171. The molecular weight excluding hydrogens is 174 g/mol. The zero-order valence-corrected chi connectivity index (χ0v) is 6.63. The topological polar surface area (TPSA) is 72.9 Å². The molecule has 1 heterocycles. The molecule has 0 unspecified atom stereocenters. The molecule has 1 rings (SSSR count). The molecule has 0 aromatic carbocycles. The van der Waals surface area contributed by atoms with Crippen molar-refractivity contribution in [2.45, 2.75) is 6.42 Å². The zero-order chi connectivity index (χ0) is 8.48. The summed E-state index contributed by atoms with van der Waals surface area (Å²) in [6.07, 6.45) is 0.242. The highest BCUT2D eigenvalue weighted by atomic mass is 32.2. The van der Waals surface area contributed by atoms with E-state index in [-0.39, 0.29) is 13.0 Å². The fourth-order valence-corrected chi connectivity index (χ4v) is 1.55. The molecule has 0 bridgehead atoms. The van der Waals surface area contributed by atoms with Gasteiger partial charge in [-0.2, -0.15) is 8.42 Å². The van der Waals surface area contributed by atoms with Crippen molar-refractivity contribution in [3.8, 4) is 0 Å². The van der Waals surface area contributed by atoms with Crippen molar-refractivity contribution in [2.24, 2.45) is 0 Å². The monoisotopic (exact) mass is 181 g/mol. The third kappa shape index (κ3) is 1.50. The molecule has 0 spiro atoms. The molecule has 1 amide bonds. The first-order valence-electron chi connectivity index (χ1n) is 2.86. The smallest absolute Gasteiger partial charge is 0.274 e. The molecule has 0 saturated carbocycles. The summed E-state index contributed by atoms with van der Waals surface area (Å²) in [4.78, 5) is 14.5. The van der Waals surface area contributed by atoms with Crippen molar-refractivity contribution in [1.29, 1.82) is 0 Å². The maximum atomic E-state index is 10.8. The lowest BCUT2D eigenvalue weighted by atomic mass is 10.3. The second-order valence-corrected chi connectivity index (χ2v) is 3.34. The lowest BCUT2D eigenvalue weighted by molar-refractivity contribution is -0.179. The first kappa shape index (κ1) is 8.44. The number of carbonyl (C=O) groups is 1. The molecule has 0 aliphatic carbocycles. The van der Waals surface area contributed by atoms with Crippen LogP contribution >= 0.6 is 0 Å². The molecule has 1 aliphatic heterocycles. The van der Waals surface area contributed by atoms with Gasteiger partial charge in [-0.15, -0.1) is 0 Å². The van der Waals surface area contributed by atoms with Crippen LogP contribution in [0.1, 0.15) is 6.42 Å². The Hall–Kier alpha value is -0.660.